The molecule has 4 nitrogen and oxygen atoms in total. The van der Waals surface area contributed by atoms with Crippen LogP contribution in [0.15, 0.2) is 0 Å². The number of hydrogen-bond donors (Lipinski definition) is 1. The second kappa shape index (κ2) is 19.9. The third kappa shape index (κ3) is 17.0. The molecule has 1 atom stereocenters. The summed E-state index contributed by atoms with van der Waals surface area (Å²) in [6, 6.07) is -0.358. The van der Waals surface area contributed by atoms with E-state index in [0.29, 0.717) is 12.8 Å². The summed E-state index contributed by atoms with van der Waals surface area (Å²) in [7, 11) is 1.76. The fraction of sp³-hybridized carbons (Fsp3) is 0.913. The Kier molecular flexibility index (Phi) is 19.2. The van der Waals surface area contributed by atoms with Crippen molar-refractivity contribution in [1.29, 1.82) is 0 Å². The van der Waals surface area contributed by atoms with Gasteiger partial charge in [-0.3, -0.25) is 9.59 Å². The summed E-state index contributed by atoms with van der Waals surface area (Å²) < 4.78 is 5.29. The fourth-order valence-electron chi connectivity index (χ4n) is 3.24. The number of hydrogen-bond acceptors (Lipinski definition) is 4. The third-order valence-electron chi connectivity index (χ3n) is 5.16. The Bertz CT molecular complexity index is 358. The first kappa shape index (κ1) is 26.1. The maximum Gasteiger partial charge on any atom is 0.305 e. The Morgan fingerprint density at radius 2 is 1.15 bits per heavy atom. The van der Waals surface area contributed by atoms with E-state index in [1.54, 1.807) is 7.05 Å². The van der Waals surface area contributed by atoms with E-state index in [9.17, 15) is 9.59 Å². The number of nitrogens with one attached hydrogen (secondary N) is 1. The quantitative estimate of drug-likeness (QED) is 0.208. The first-order valence-electron chi connectivity index (χ1n) is 11.5. The summed E-state index contributed by atoms with van der Waals surface area (Å²) in [4.78, 5) is 24.1. The molecule has 1 unspecified atom stereocenters. The molecule has 0 aliphatic rings. The monoisotopic (exact) mass is 383 g/mol. The van der Waals surface area contributed by atoms with Crippen LogP contribution in [0.5, 0.6) is 0 Å². The Morgan fingerprint density at radius 1 is 0.704 bits per heavy atom. The molecular weight excluding hydrogens is 338 g/mol. The second-order valence-electron chi connectivity index (χ2n) is 7.73. The third-order valence-corrected chi connectivity index (χ3v) is 5.16. The van der Waals surface area contributed by atoms with Crippen LogP contribution < -0.4 is 5.32 Å². The highest BCUT2D eigenvalue weighted by molar-refractivity contribution is 5.84. The summed E-state index contributed by atoms with van der Waals surface area (Å²) in [5.74, 6) is -0.0150. The first-order chi connectivity index (χ1) is 13.2. The first-order valence-corrected chi connectivity index (χ1v) is 11.5. The summed E-state index contributed by atoms with van der Waals surface area (Å²) in [5, 5.41) is 3.00. The number of carbonyl (C=O) groups excluding carboxylic acids is 2. The molecule has 0 heterocycles. The highest BCUT2D eigenvalue weighted by Gasteiger charge is 2.17. The van der Waals surface area contributed by atoms with E-state index >= 15 is 0 Å². The molecule has 0 aromatic rings. The molecular formula is C23H45NO3. The number of unbranched alkanes of at least 4 members (excludes halogenated alkanes) is 12. The zero-order chi connectivity index (χ0) is 20.2. The van der Waals surface area contributed by atoms with Crippen molar-refractivity contribution in [2.45, 2.75) is 123 Å². The SMILES string of the molecule is CCCCCCCCCCCC(=O)C(COC(=O)CCCCCCC)NC. The van der Waals surface area contributed by atoms with Crippen LogP contribution in [0.4, 0.5) is 0 Å². The average molecular weight is 384 g/mol. The van der Waals surface area contributed by atoms with Crippen molar-refractivity contribution in [1.82, 2.24) is 5.32 Å². The lowest BCUT2D eigenvalue weighted by atomic mass is 10.0. The van der Waals surface area contributed by atoms with Crippen molar-refractivity contribution in [3.8, 4) is 0 Å². The van der Waals surface area contributed by atoms with Crippen LogP contribution in [0.1, 0.15) is 117 Å². The number of likely N-dealkylation sites (N-methyl/N-ethyl adjacent to an activating group) is 1. The van der Waals surface area contributed by atoms with Gasteiger partial charge in [-0.2, -0.15) is 0 Å². The molecule has 0 aromatic heterocycles. The van der Waals surface area contributed by atoms with Crippen LogP contribution in [0, 0.1) is 0 Å². The van der Waals surface area contributed by atoms with Crippen molar-refractivity contribution in [2.24, 2.45) is 0 Å². The molecule has 4 heteroatoms. The molecule has 0 rings (SSSR count). The number of ether oxygens (including phenoxy) is 1. The van der Waals surface area contributed by atoms with Gasteiger partial charge in [-0.05, 0) is 19.9 Å². The fourth-order valence-corrected chi connectivity index (χ4v) is 3.24. The molecule has 0 fully saturated rings. The molecule has 0 spiro atoms. The largest absolute Gasteiger partial charge is 0.464 e. The standard InChI is InChI=1S/C23H45NO3/c1-4-6-8-10-11-12-13-15-16-18-22(25)21(24-3)20-27-23(26)19-17-14-9-7-5-2/h21,24H,4-20H2,1-3H3. The lowest BCUT2D eigenvalue weighted by Gasteiger charge is -2.15. The van der Waals surface area contributed by atoms with Gasteiger partial charge in [0.25, 0.3) is 0 Å². The van der Waals surface area contributed by atoms with Gasteiger partial charge in [0.05, 0.1) is 0 Å². The number of Topliss-reactive ketones (excluding diaryl/α,β-unsaturated/α-hetero) is 1. The van der Waals surface area contributed by atoms with Gasteiger partial charge in [-0.25, -0.2) is 0 Å². The maximum atomic E-state index is 12.3. The lowest BCUT2D eigenvalue weighted by molar-refractivity contribution is -0.145. The van der Waals surface area contributed by atoms with Gasteiger partial charge in [0.2, 0.25) is 0 Å². The normalized spacial score (nSPS) is 12.1. The van der Waals surface area contributed by atoms with E-state index in [1.807, 2.05) is 0 Å². The van der Waals surface area contributed by atoms with Gasteiger partial charge < -0.3 is 10.1 Å². The Hall–Kier alpha value is -0.900. The zero-order valence-corrected chi connectivity index (χ0v) is 18.3. The summed E-state index contributed by atoms with van der Waals surface area (Å²) in [5.41, 5.74) is 0. The number of ketones is 1. The zero-order valence-electron chi connectivity index (χ0n) is 18.3. The van der Waals surface area contributed by atoms with Gasteiger partial charge in [-0.15, -0.1) is 0 Å². The predicted octanol–water partition coefficient (Wildman–Crippen LogP) is 5.97. The second-order valence-corrected chi connectivity index (χ2v) is 7.73. The van der Waals surface area contributed by atoms with E-state index in [-0.39, 0.29) is 24.4 Å². The molecule has 0 radical (unpaired) electrons. The minimum atomic E-state index is -0.358. The number of esters is 1. The molecule has 0 aromatic carbocycles. The maximum absolute atomic E-state index is 12.3. The van der Waals surface area contributed by atoms with Crippen molar-refractivity contribution in [3.63, 3.8) is 0 Å². The van der Waals surface area contributed by atoms with Crippen molar-refractivity contribution in [3.05, 3.63) is 0 Å². The van der Waals surface area contributed by atoms with Crippen LogP contribution in [0.2, 0.25) is 0 Å². The molecule has 0 bridgehead atoms. The van der Waals surface area contributed by atoms with Gasteiger partial charge in [-0.1, -0.05) is 90.9 Å². The molecule has 0 amide bonds. The predicted molar refractivity (Wildman–Crippen MR) is 114 cm³/mol. The lowest BCUT2D eigenvalue weighted by Crippen LogP contribution is -2.38. The highest BCUT2D eigenvalue weighted by Crippen LogP contribution is 2.11. The van der Waals surface area contributed by atoms with Crippen LogP contribution >= 0.6 is 0 Å². The number of carbonyl (C=O) groups is 2. The average Bonchev–Trinajstić information content (AvgIpc) is 2.67. The van der Waals surface area contributed by atoms with E-state index in [2.05, 4.69) is 19.2 Å². The van der Waals surface area contributed by atoms with Crippen LogP contribution in [0.25, 0.3) is 0 Å². The minimum absolute atomic E-state index is 0.163. The molecule has 0 aliphatic carbocycles. The summed E-state index contributed by atoms with van der Waals surface area (Å²) in [6.07, 6.45) is 17.8. The molecule has 160 valence electrons. The van der Waals surface area contributed by atoms with Gasteiger partial charge in [0.15, 0.2) is 5.78 Å². The summed E-state index contributed by atoms with van der Waals surface area (Å²) >= 11 is 0. The Morgan fingerprint density at radius 3 is 1.63 bits per heavy atom. The smallest absolute Gasteiger partial charge is 0.305 e. The van der Waals surface area contributed by atoms with Gasteiger partial charge in [0, 0.05) is 12.8 Å². The molecule has 0 aliphatic heterocycles. The molecule has 0 saturated carbocycles. The van der Waals surface area contributed by atoms with Crippen LogP contribution in [0.3, 0.4) is 0 Å². The Balaban J connectivity index is 3.68. The molecule has 27 heavy (non-hydrogen) atoms. The van der Waals surface area contributed by atoms with Crippen molar-refractivity contribution < 1.29 is 14.3 Å². The topological polar surface area (TPSA) is 55.4 Å². The Labute approximate surface area is 168 Å². The molecule has 0 saturated heterocycles. The van der Waals surface area contributed by atoms with Gasteiger partial charge >= 0.3 is 5.97 Å². The van der Waals surface area contributed by atoms with Crippen molar-refractivity contribution >= 4 is 11.8 Å². The molecule has 1 N–H and O–H groups in total. The van der Waals surface area contributed by atoms with Crippen LogP contribution in [-0.4, -0.2) is 31.4 Å². The minimum Gasteiger partial charge on any atom is -0.464 e. The van der Waals surface area contributed by atoms with Crippen LogP contribution in [-0.2, 0) is 14.3 Å². The van der Waals surface area contributed by atoms with E-state index in [0.717, 1.165) is 25.7 Å². The van der Waals surface area contributed by atoms with E-state index in [1.165, 1.54) is 64.2 Å². The number of rotatable bonds is 20. The van der Waals surface area contributed by atoms with E-state index < -0.39 is 0 Å². The van der Waals surface area contributed by atoms with E-state index in [4.69, 9.17) is 4.74 Å². The summed E-state index contributed by atoms with van der Waals surface area (Å²) in [6.45, 7) is 4.59. The van der Waals surface area contributed by atoms with Gasteiger partial charge in [0.1, 0.15) is 12.6 Å². The van der Waals surface area contributed by atoms with Crippen molar-refractivity contribution in [2.75, 3.05) is 13.7 Å². The highest BCUT2D eigenvalue weighted by atomic mass is 16.5.